The number of benzene rings is 3. The fourth-order valence-corrected chi connectivity index (χ4v) is 3.28. The summed E-state index contributed by atoms with van der Waals surface area (Å²) in [5.74, 6) is 1.83. The highest BCUT2D eigenvalue weighted by molar-refractivity contribution is 6.30. The largest absolute Gasteiger partial charge is 0.493 e. The maximum absolute atomic E-state index is 13.8. The topological polar surface area (TPSA) is 39.7 Å². The van der Waals surface area contributed by atoms with Crippen molar-refractivity contribution >= 4 is 24.0 Å². The van der Waals surface area contributed by atoms with E-state index < -0.39 is 0 Å². The minimum atomic E-state index is -0.277. The fraction of sp³-hybridized carbons (Fsp3) is 0.250. The van der Waals surface area contributed by atoms with Crippen molar-refractivity contribution in [1.82, 2.24) is 5.32 Å². The Bertz CT molecular complexity index is 985. The summed E-state index contributed by atoms with van der Waals surface area (Å²) >= 11 is 6.16. The number of halogens is 3. The van der Waals surface area contributed by atoms with Gasteiger partial charge in [-0.1, -0.05) is 35.9 Å². The molecule has 0 spiro atoms. The van der Waals surface area contributed by atoms with Crippen molar-refractivity contribution in [2.75, 3.05) is 20.8 Å². The molecule has 0 atom stereocenters. The second-order valence-corrected chi connectivity index (χ2v) is 7.18. The third-order valence-corrected chi connectivity index (χ3v) is 4.95. The molecule has 0 aromatic heterocycles. The predicted octanol–water partition coefficient (Wildman–Crippen LogP) is 5.83. The van der Waals surface area contributed by atoms with Crippen molar-refractivity contribution in [3.63, 3.8) is 0 Å². The van der Waals surface area contributed by atoms with E-state index in [4.69, 9.17) is 25.8 Å². The molecule has 0 saturated heterocycles. The molecule has 0 fully saturated rings. The van der Waals surface area contributed by atoms with Gasteiger partial charge >= 0.3 is 0 Å². The summed E-state index contributed by atoms with van der Waals surface area (Å²) < 4.78 is 30.3. The quantitative estimate of drug-likeness (QED) is 0.382. The molecule has 4 nitrogen and oxygen atoms in total. The van der Waals surface area contributed by atoms with Crippen LogP contribution in [0.2, 0.25) is 5.02 Å². The molecule has 0 unspecified atom stereocenters. The highest BCUT2D eigenvalue weighted by Crippen LogP contribution is 2.28. The van der Waals surface area contributed by atoms with Crippen LogP contribution in [0.1, 0.15) is 16.7 Å². The summed E-state index contributed by atoms with van der Waals surface area (Å²) in [7, 11) is 3.25. The summed E-state index contributed by atoms with van der Waals surface area (Å²) in [6.45, 7) is 1.50. The summed E-state index contributed by atoms with van der Waals surface area (Å²) in [5, 5.41) is 4.04. The van der Waals surface area contributed by atoms with Crippen LogP contribution in [0, 0.1) is 5.82 Å². The first kappa shape index (κ1) is 24.8. The van der Waals surface area contributed by atoms with Gasteiger partial charge in [-0.05, 0) is 54.9 Å². The molecule has 166 valence electrons. The molecule has 3 aromatic carbocycles. The zero-order valence-corrected chi connectivity index (χ0v) is 19.1. The maximum Gasteiger partial charge on any atom is 0.160 e. The number of rotatable bonds is 10. The van der Waals surface area contributed by atoms with E-state index >= 15 is 0 Å². The van der Waals surface area contributed by atoms with Crippen LogP contribution in [0.5, 0.6) is 17.2 Å². The number of hydrogen-bond acceptors (Lipinski definition) is 4. The van der Waals surface area contributed by atoms with Gasteiger partial charge in [-0.15, -0.1) is 12.4 Å². The standard InChI is InChI=1S/C24H25ClFNO3.ClH/c1-28-23-9-7-17(13-24(23)29-2)11-12-27-15-19-14-20(25)8-10-22(19)30-16-18-5-3-4-6-21(18)26;/h3-10,13-14,27H,11-12,15-16H2,1-2H3;1H. The molecule has 0 radical (unpaired) electrons. The summed E-state index contributed by atoms with van der Waals surface area (Å²) in [5.41, 5.74) is 2.58. The Morgan fingerprint density at radius 1 is 0.871 bits per heavy atom. The number of hydrogen-bond donors (Lipinski definition) is 1. The van der Waals surface area contributed by atoms with Gasteiger partial charge < -0.3 is 19.5 Å². The third kappa shape index (κ3) is 7.03. The van der Waals surface area contributed by atoms with E-state index in [0.717, 1.165) is 24.1 Å². The minimum absolute atomic E-state index is 0. The molecule has 0 heterocycles. The first-order valence-electron chi connectivity index (χ1n) is 9.67. The highest BCUT2D eigenvalue weighted by Gasteiger charge is 2.08. The lowest BCUT2D eigenvalue weighted by molar-refractivity contribution is 0.296. The Labute approximate surface area is 193 Å². The van der Waals surface area contributed by atoms with Crippen LogP contribution >= 0.6 is 24.0 Å². The molecule has 0 aliphatic rings. The Hall–Kier alpha value is -2.47. The van der Waals surface area contributed by atoms with Gasteiger partial charge in [0.05, 0.1) is 14.2 Å². The molecular formula is C24H26Cl2FNO3. The fourth-order valence-electron chi connectivity index (χ4n) is 3.09. The molecule has 31 heavy (non-hydrogen) atoms. The zero-order valence-electron chi connectivity index (χ0n) is 17.5. The Balaban J connectivity index is 0.00000341. The van der Waals surface area contributed by atoms with Gasteiger partial charge in [0.1, 0.15) is 18.2 Å². The first-order valence-corrected chi connectivity index (χ1v) is 10.0. The van der Waals surface area contributed by atoms with Crippen molar-refractivity contribution in [2.45, 2.75) is 19.6 Å². The van der Waals surface area contributed by atoms with Crippen LogP contribution in [0.3, 0.4) is 0 Å². The van der Waals surface area contributed by atoms with E-state index in [1.165, 1.54) is 6.07 Å². The van der Waals surface area contributed by atoms with Crippen LogP contribution in [0.15, 0.2) is 60.7 Å². The second kappa shape index (κ2) is 12.4. The van der Waals surface area contributed by atoms with E-state index in [-0.39, 0.29) is 24.8 Å². The number of ether oxygens (including phenoxy) is 3. The van der Waals surface area contributed by atoms with Crippen molar-refractivity contribution < 1.29 is 18.6 Å². The average Bonchev–Trinajstić information content (AvgIpc) is 2.77. The highest BCUT2D eigenvalue weighted by atomic mass is 35.5. The van der Waals surface area contributed by atoms with Gasteiger partial charge in [0.2, 0.25) is 0 Å². The molecule has 0 aliphatic heterocycles. The molecule has 3 aromatic rings. The van der Waals surface area contributed by atoms with Gasteiger partial charge in [-0.2, -0.15) is 0 Å². The number of methoxy groups -OCH3 is 2. The van der Waals surface area contributed by atoms with Gasteiger partial charge in [-0.25, -0.2) is 4.39 Å². The first-order chi connectivity index (χ1) is 14.6. The van der Waals surface area contributed by atoms with Gasteiger partial charge in [0, 0.05) is 22.7 Å². The van der Waals surface area contributed by atoms with Crippen LogP contribution in [-0.2, 0) is 19.6 Å². The minimum Gasteiger partial charge on any atom is -0.493 e. The van der Waals surface area contributed by atoms with Crippen LogP contribution < -0.4 is 19.5 Å². The Morgan fingerprint density at radius 3 is 2.35 bits per heavy atom. The molecule has 7 heteroatoms. The van der Waals surface area contributed by atoms with Crippen LogP contribution in [0.4, 0.5) is 4.39 Å². The molecular weight excluding hydrogens is 440 g/mol. The predicted molar refractivity (Wildman–Crippen MR) is 124 cm³/mol. The van der Waals surface area contributed by atoms with Crippen molar-refractivity contribution in [1.29, 1.82) is 0 Å². The summed E-state index contributed by atoms with van der Waals surface area (Å²) in [6.07, 6.45) is 0.826. The lowest BCUT2D eigenvalue weighted by Gasteiger charge is -2.14. The maximum atomic E-state index is 13.8. The average molecular weight is 466 g/mol. The van der Waals surface area contributed by atoms with E-state index in [1.807, 2.05) is 30.3 Å². The normalized spacial score (nSPS) is 10.3. The molecule has 0 aliphatic carbocycles. The van der Waals surface area contributed by atoms with E-state index in [9.17, 15) is 4.39 Å². The zero-order chi connectivity index (χ0) is 21.3. The third-order valence-electron chi connectivity index (χ3n) is 4.72. The molecule has 3 rings (SSSR count). The Morgan fingerprint density at radius 2 is 1.61 bits per heavy atom. The summed E-state index contributed by atoms with van der Waals surface area (Å²) in [6, 6.07) is 17.9. The molecule has 1 N–H and O–H groups in total. The van der Waals surface area contributed by atoms with E-state index in [0.29, 0.717) is 34.4 Å². The van der Waals surface area contributed by atoms with Crippen molar-refractivity contribution in [3.8, 4) is 17.2 Å². The molecule has 0 bridgehead atoms. The smallest absolute Gasteiger partial charge is 0.160 e. The van der Waals surface area contributed by atoms with Gasteiger partial charge in [0.25, 0.3) is 0 Å². The van der Waals surface area contributed by atoms with Crippen LogP contribution in [-0.4, -0.2) is 20.8 Å². The lowest BCUT2D eigenvalue weighted by atomic mass is 10.1. The summed E-state index contributed by atoms with van der Waals surface area (Å²) in [4.78, 5) is 0. The Kier molecular flexibility index (Phi) is 9.92. The second-order valence-electron chi connectivity index (χ2n) is 6.75. The van der Waals surface area contributed by atoms with Gasteiger partial charge in [-0.3, -0.25) is 0 Å². The number of nitrogens with one attached hydrogen (secondary N) is 1. The SMILES string of the molecule is COc1ccc(CCNCc2cc(Cl)ccc2OCc2ccccc2F)cc1OC.Cl. The van der Waals surface area contributed by atoms with Crippen LogP contribution in [0.25, 0.3) is 0 Å². The molecule has 0 saturated carbocycles. The van der Waals surface area contributed by atoms with Gasteiger partial charge in [0.15, 0.2) is 11.5 Å². The van der Waals surface area contributed by atoms with Crippen molar-refractivity contribution in [2.24, 2.45) is 0 Å². The van der Waals surface area contributed by atoms with Crippen molar-refractivity contribution in [3.05, 3.63) is 88.2 Å². The lowest BCUT2D eigenvalue weighted by Crippen LogP contribution is -2.17. The van der Waals surface area contributed by atoms with E-state index in [1.54, 1.807) is 38.5 Å². The van der Waals surface area contributed by atoms with E-state index in [2.05, 4.69) is 5.32 Å². The monoisotopic (exact) mass is 465 g/mol. The molecule has 0 amide bonds.